The molecular weight excluding hydrogens is 969 g/mol. The summed E-state index contributed by atoms with van der Waals surface area (Å²) < 4.78 is 16.2. The van der Waals surface area contributed by atoms with Gasteiger partial charge in [0.15, 0.2) is 0 Å². The van der Waals surface area contributed by atoms with E-state index < -0.39 is 23.8 Å². The number of ketones is 2. The van der Waals surface area contributed by atoms with E-state index in [1.807, 2.05) is 109 Å². The number of Topliss-reactive ketones (excluding diaryl/α,β-unsaturated/α-hetero) is 2. The van der Waals surface area contributed by atoms with Crippen LogP contribution in [0.4, 0.5) is 19.6 Å². The largest absolute Gasteiger partial charge is 0.444 e. The molecule has 0 fully saturated rings. The van der Waals surface area contributed by atoms with Crippen molar-refractivity contribution in [3.8, 4) is 24.3 Å². The van der Waals surface area contributed by atoms with Crippen molar-refractivity contribution in [3.05, 3.63) is 187 Å². The van der Waals surface area contributed by atoms with Gasteiger partial charge in [0.2, 0.25) is 11.6 Å². The summed E-state index contributed by atoms with van der Waals surface area (Å²) in [7, 11) is 0. The van der Waals surface area contributed by atoms with Gasteiger partial charge in [-0.3, -0.25) is 9.59 Å². The molecule has 0 radical (unpaired) electrons. The zero-order chi connectivity index (χ0) is 50.8. The molecule has 350 valence electrons. The lowest BCUT2D eigenvalue weighted by molar-refractivity contribution is 0.106. The van der Waals surface area contributed by atoms with Crippen LogP contribution in [0.3, 0.4) is 0 Å². The molecule has 14 nitrogen and oxygen atoms in total. The lowest BCUT2D eigenvalue weighted by atomic mass is 9.84. The van der Waals surface area contributed by atoms with Gasteiger partial charge in [-0.1, -0.05) is 133 Å². The Morgan fingerprint density at radius 2 is 0.878 bits per heavy atom. The molecule has 0 saturated carbocycles. The SMILES string of the molecule is N#CC(C#N)=C1/C(=N/c2cc3c(s2)c2c(n3C(=O)OCc3ccccc3)=CC3C=c4c(n(C(=O)OCc5ccccc5)c5cc(/N=C6\C(=O)c7ccccc7C6=C(C#N)C#N)sc45)=CC3C=2)C(=O)c2ccccc21. The first-order chi connectivity index (χ1) is 36.2. The minimum absolute atomic E-state index is 0.0153. The molecule has 4 aliphatic carbocycles. The number of nitrogens with zero attached hydrogens (tertiary/aromatic N) is 8. The van der Waals surface area contributed by atoms with Crippen molar-refractivity contribution < 1.29 is 28.7 Å². The third kappa shape index (κ3) is 7.25. The number of carbonyl (C=O) groups excluding carboxylic acids is 4. The average molecular weight is 999 g/mol. The van der Waals surface area contributed by atoms with E-state index in [9.17, 15) is 40.2 Å². The van der Waals surface area contributed by atoms with Gasteiger partial charge in [-0.2, -0.15) is 21.0 Å². The molecule has 74 heavy (non-hydrogen) atoms. The van der Waals surface area contributed by atoms with Crippen LogP contribution in [0, 0.1) is 57.2 Å². The van der Waals surface area contributed by atoms with Gasteiger partial charge in [-0.05, 0) is 34.4 Å². The molecule has 0 spiro atoms. The Morgan fingerprint density at radius 1 is 0.514 bits per heavy atom. The molecule has 0 bridgehead atoms. The number of rotatable bonds is 6. The van der Waals surface area contributed by atoms with Gasteiger partial charge >= 0.3 is 12.2 Å². The van der Waals surface area contributed by atoms with Crippen molar-refractivity contribution in [3.63, 3.8) is 0 Å². The summed E-state index contributed by atoms with van der Waals surface area (Å²) in [6.45, 7) is -0.0307. The van der Waals surface area contributed by atoms with Crippen LogP contribution in [0.2, 0.25) is 0 Å². The highest BCUT2D eigenvalue weighted by Gasteiger charge is 2.36. The number of hydrogen-bond donors (Lipinski definition) is 0. The van der Waals surface area contributed by atoms with Gasteiger partial charge < -0.3 is 9.47 Å². The van der Waals surface area contributed by atoms with Gasteiger partial charge in [0.1, 0.15) is 70.1 Å². The monoisotopic (exact) mass is 998 g/mol. The number of allylic oxidation sites excluding steroid dienone is 4. The minimum Gasteiger partial charge on any atom is -0.444 e. The quantitative estimate of drug-likeness (QED) is 0.144. The van der Waals surface area contributed by atoms with Crippen LogP contribution in [0.5, 0.6) is 0 Å². The zero-order valence-electron chi connectivity index (χ0n) is 38.3. The number of aliphatic imine (C=N–C) groups is 2. The number of nitriles is 4. The zero-order valence-corrected chi connectivity index (χ0v) is 39.9. The van der Waals surface area contributed by atoms with Gasteiger partial charge in [0, 0.05) is 44.5 Å². The van der Waals surface area contributed by atoms with Crippen molar-refractivity contribution in [2.45, 2.75) is 13.2 Å². The lowest BCUT2D eigenvalue weighted by Gasteiger charge is -2.21. The molecule has 8 aromatic rings. The second-order valence-electron chi connectivity index (χ2n) is 17.4. The Kier molecular flexibility index (Phi) is 10.9. The molecule has 4 aromatic carbocycles. The van der Waals surface area contributed by atoms with Gasteiger partial charge in [-0.25, -0.2) is 28.7 Å². The summed E-state index contributed by atoms with van der Waals surface area (Å²) in [5.74, 6) is -1.60. The number of fused-ring (bicyclic) bond motifs is 9. The van der Waals surface area contributed by atoms with E-state index >= 15 is 0 Å². The van der Waals surface area contributed by atoms with E-state index in [1.165, 1.54) is 31.8 Å². The number of hydrogen-bond acceptors (Lipinski definition) is 14. The van der Waals surface area contributed by atoms with Gasteiger partial charge in [-0.15, -0.1) is 22.7 Å². The highest BCUT2D eigenvalue weighted by molar-refractivity contribution is 7.23. The van der Waals surface area contributed by atoms with Crippen molar-refractivity contribution in [2.24, 2.45) is 21.8 Å². The lowest BCUT2D eigenvalue weighted by Crippen LogP contribution is -2.42. The molecule has 2 unspecified atom stereocenters. The summed E-state index contributed by atoms with van der Waals surface area (Å²) in [6, 6.07) is 43.0. The molecule has 0 aliphatic heterocycles. The molecule has 2 atom stereocenters. The van der Waals surface area contributed by atoms with E-state index in [0.717, 1.165) is 11.1 Å². The highest BCUT2D eigenvalue weighted by Crippen LogP contribution is 2.40. The van der Waals surface area contributed by atoms with Crippen LogP contribution in [0.25, 0.3) is 55.9 Å². The molecule has 0 amide bonds. The molecule has 0 N–H and O–H groups in total. The normalized spacial score (nSPS) is 16.8. The molecule has 4 aliphatic rings. The molecular formula is C58H30N8O6S2. The van der Waals surface area contributed by atoms with Gasteiger partial charge in [0.05, 0.1) is 31.1 Å². The maximum atomic E-state index is 14.5. The highest BCUT2D eigenvalue weighted by atomic mass is 32.1. The van der Waals surface area contributed by atoms with Crippen LogP contribution in [0.1, 0.15) is 43.0 Å². The van der Waals surface area contributed by atoms with Crippen molar-refractivity contribution in [2.75, 3.05) is 0 Å². The molecule has 12 rings (SSSR count). The summed E-state index contributed by atoms with van der Waals surface area (Å²) in [5, 5.41) is 43.0. The van der Waals surface area contributed by atoms with Crippen LogP contribution in [0.15, 0.2) is 142 Å². The Hall–Kier alpha value is -10.1. The van der Waals surface area contributed by atoms with Crippen LogP contribution in [-0.2, 0) is 22.7 Å². The summed E-state index contributed by atoms with van der Waals surface area (Å²) in [5.41, 5.74) is 3.64. The predicted molar refractivity (Wildman–Crippen MR) is 279 cm³/mol. The summed E-state index contributed by atoms with van der Waals surface area (Å²) in [4.78, 5) is 66.2. The number of benzene rings is 4. The second kappa shape index (κ2) is 17.9. The molecule has 4 aromatic heterocycles. The van der Waals surface area contributed by atoms with Crippen molar-refractivity contribution in [1.82, 2.24) is 9.13 Å². The Bertz CT molecular complexity index is 4140. The first-order valence-corrected chi connectivity index (χ1v) is 24.5. The fraction of sp³-hybridized carbons (Fsp3) is 0.0690. The van der Waals surface area contributed by atoms with E-state index in [2.05, 4.69) is 0 Å². The number of carbonyl (C=O) groups is 4. The first-order valence-electron chi connectivity index (χ1n) is 22.9. The van der Waals surface area contributed by atoms with Crippen LogP contribution in [-0.4, -0.2) is 44.3 Å². The molecule has 4 heterocycles. The van der Waals surface area contributed by atoms with Crippen molar-refractivity contribution in [1.29, 1.82) is 21.0 Å². The predicted octanol–water partition coefficient (Wildman–Crippen LogP) is 8.71. The van der Waals surface area contributed by atoms with E-state index in [-0.39, 0.29) is 58.8 Å². The minimum atomic E-state index is -0.661. The molecule has 0 saturated heterocycles. The number of ether oxygens (including phenoxy) is 2. The fourth-order valence-corrected chi connectivity index (χ4v) is 12.1. The fourth-order valence-electron chi connectivity index (χ4n) is 9.95. The average Bonchev–Trinajstić information content (AvgIpc) is 4.28. The third-order valence-electron chi connectivity index (χ3n) is 13.2. The number of thiophene rings is 2. The van der Waals surface area contributed by atoms with E-state index in [1.54, 1.807) is 60.7 Å². The molecule has 16 heteroatoms. The first kappa shape index (κ1) is 45.1. The summed E-state index contributed by atoms with van der Waals surface area (Å²) in [6.07, 6.45) is 6.69. The Labute approximate surface area is 426 Å². The Morgan fingerprint density at radius 3 is 1.26 bits per heavy atom. The Balaban J connectivity index is 1.02. The summed E-state index contributed by atoms with van der Waals surface area (Å²) >= 11 is 2.47. The van der Waals surface area contributed by atoms with Crippen molar-refractivity contribution >= 4 is 124 Å². The van der Waals surface area contributed by atoms with Crippen LogP contribution < -0.4 is 21.1 Å². The third-order valence-corrected chi connectivity index (χ3v) is 15.3. The smallest absolute Gasteiger partial charge is 0.419 e. The second-order valence-corrected chi connectivity index (χ2v) is 19.4. The van der Waals surface area contributed by atoms with Crippen LogP contribution >= 0.6 is 22.7 Å². The maximum absolute atomic E-state index is 14.5. The standard InChI is InChI=1S/C58H30N8O6S2/c59-25-35(26-60)49-37-15-7-9-17-39(37)53(67)51(49)63-47-23-45-55(73-47)41-19-34-22-44-42(20-33(34)21-43(41)65(45)57(69)71-29-31-11-3-1-4-12-31)56-46(66(44)58(70)72-30-32-13-5-2-6-14-32)24-48(74-56)64-52-50(36(27-61)28-62)38-16-8-10-18-40(38)54(52)68/h1-24,33-34H,29-30H2/b63-51-,64-52-. The topological polar surface area (TPSA) is 216 Å². The van der Waals surface area contributed by atoms with Gasteiger partial charge in [0.25, 0.3) is 0 Å². The van der Waals surface area contributed by atoms with E-state index in [0.29, 0.717) is 73.8 Å². The van der Waals surface area contributed by atoms with E-state index in [4.69, 9.17) is 19.5 Å². The maximum Gasteiger partial charge on any atom is 0.419 e. The number of aromatic nitrogens is 2.